The zero-order valence-corrected chi connectivity index (χ0v) is 29.9. The molecule has 2 aromatic rings. The minimum absolute atomic E-state index is 0.0551. The molecule has 3 rings (SSSR count). The summed E-state index contributed by atoms with van der Waals surface area (Å²) in [6.07, 6.45) is 0.109. The molecule has 0 unspecified atom stereocenters. The van der Waals surface area contributed by atoms with E-state index in [9.17, 15) is 22.8 Å². The van der Waals surface area contributed by atoms with E-state index < -0.39 is 45.5 Å². The minimum atomic E-state index is -4.07. The Hall–Kier alpha value is -3.43. The van der Waals surface area contributed by atoms with Crippen molar-refractivity contribution in [3.8, 4) is 10.4 Å². The third kappa shape index (κ3) is 10.8. The summed E-state index contributed by atoms with van der Waals surface area (Å²) in [7, 11) is -4.07. The number of amides is 3. The monoisotopic (exact) mass is 681 g/mol. The van der Waals surface area contributed by atoms with E-state index in [2.05, 4.69) is 20.3 Å². The van der Waals surface area contributed by atoms with Crippen LogP contribution in [-0.4, -0.2) is 72.5 Å². The van der Waals surface area contributed by atoms with Crippen LogP contribution in [0.3, 0.4) is 0 Å². The summed E-state index contributed by atoms with van der Waals surface area (Å²) in [6, 6.07) is 3.73. The summed E-state index contributed by atoms with van der Waals surface area (Å²) >= 11 is 1.25. The lowest BCUT2D eigenvalue weighted by atomic mass is 9.99. The molecule has 1 aromatic heterocycles. The van der Waals surface area contributed by atoms with Gasteiger partial charge >= 0.3 is 18.3 Å². The van der Waals surface area contributed by atoms with Crippen LogP contribution in [0, 0.1) is 0 Å². The van der Waals surface area contributed by atoms with Crippen molar-refractivity contribution in [2.75, 3.05) is 11.9 Å². The number of ether oxygens (including phenoxy) is 3. The minimum Gasteiger partial charge on any atom is -0.447 e. The maximum atomic E-state index is 13.6. The molecule has 2 atom stereocenters. The predicted octanol–water partition coefficient (Wildman–Crippen LogP) is 6.42. The Balaban J connectivity index is 1.99. The molecule has 1 fully saturated rings. The van der Waals surface area contributed by atoms with Gasteiger partial charge in [0.1, 0.15) is 10.6 Å². The Morgan fingerprint density at radius 2 is 1.61 bits per heavy atom. The maximum absolute atomic E-state index is 13.6. The van der Waals surface area contributed by atoms with Gasteiger partial charge in [0.25, 0.3) is 0 Å². The molecule has 1 aliphatic rings. The normalized spacial score (nSPS) is 17.5. The van der Waals surface area contributed by atoms with E-state index in [1.165, 1.54) is 17.4 Å². The van der Waals surface area contributed by atoms with Gasteiger partial charge in [0.15, 0.2) is 0 Å². The van der Waals surface area contributed by atoms with Crippen LogP contribution in [0.2, 0.25) is 0 Å². The van der Waals surface area contributed by atoms with E-state index in [4.69, 9.17) is 14.2 Å². The largest absolute Gasteiger partial charge is 0.447 e. The van der Waals surface area contributed by atoms with Crippen molar-refractivity contribution in [3.63, 3.8) is 0 Å². The van der Waals surface area contributed by atoms with Crippen molar-refractivity contribution in [2.24, 2.45) is 0 Å². The van der Waals surface area contributed by atoms with Crippen LogP contribution in [0.15, 0.2) is 29.3 Å². The number of alkyl carbamates (subject to hydrolysis) is 1. The van der Waals surface area contributed by atoms with Crippen LogP contribution in [-0.2, 0) is 24.2 Å². The molecule has 0 radical (unpaired) electrons. The van der Waals surface area contributed by atoms with Crippen LogP contribution in [0.5, 0.6) is 0 Å². The second kappa shape index (κ2) is 14.6. The fourth-order valence-corrected chi connectivity index (χ4v) is 7.53. The molecule has 256 valence electrons. The van der Waals surface area contributed by atoms with E-state index in [0.29, 0.717) is 28.3 Å². The molecule has 15 heteroatoms. The first-order valence-electron chi connectivity index (χ1n) is 15.2. The lowest BCUT2D eigenvalue weighted by molar-refractivity contribution is 0.00490. The summed E-state index contributed by atoms with van der Waals surface area (Å²) < 4.78 is 46.1. The first-order valence-corrected chi connectivity index (χ1v) is 17.5. The molecule has 1 saturated heterocycles. The molecule has 0 aliphatic carbocycles. The number of nitrogens with zero attached hydrogens (tertiary/aromatic N) is 2. The van der Waals surface area contributed by atoms with Crippen molar-refractivity contribution < 1.29 is 37.0 Å². The number of hydrogen-bond acceptors (Lipinski definition) is 10. The molecule has 3 amide bonds. The Morgan fingerprint density at radius 1 is 0.978 bits per heavy atom. The molecular formula is C31H47N5O8S2. The van der Waals surface area contributed by atoms with Gasteiger partial charge < -0.3 is 19.5 Å². The molecule has 1 aliphatic heterocycles. The SMILES string of the molecule is CC(C)OC(=O)Nc1ccc(-c2cnc([C@H]3CC[C@H](NC(=O)OC(C)C)CN3C(=O)OC(C)(C)C)s2)c(S(=O)(=O)NC(C)(C)C)c1. The Labute approximate surface area is 275 Å². The van der Waals surface area contributed by atoms with E-state index in [0.717, 1.165) is 0 Å². The molecular weight excluding hydrogens is 635 g/mol. The van der Waals surface area contributed by atoms with Crippen LogP contribution >= 0.6 is 11.3 Å². The lowest BCUT2D eigenvalue weighted by Crippen LogP contribution is -2.52. The summed E-state index contributed by atoms with van der Waals surface area (Å²) in [6.45, 7) is 17.6. The van der Waals surface area contributed by atoms with Crippen LogP contribution in [0.25, 0.3) is 10.4 Å². The van der Waals surface area contributed by atoms with Crippen LogP contribution < -0.4 is 15.4 Å². The highest BCUT2D eigenvalue weighted by molar-refractivity contribution is 7.89. The Morgan fingerprint density at radius 3 is 2.20 bits per heavy atom. The molecule has 3 N–H and O–H groups in total. The summed E-state index contributed by atoms with van der Waals surface area (Å²) in [5.74, 6) is 0. The number of aromatic nitrogens is 1. The topological polar surface area (TPSA) is 165 Å². The molecule has 46 heavy (non-hydrogen) atoms. The molecule has 0 spiro atoms. The van der Waals surface area contributed by atoms with Crippen LogP contribution in [0.4, 0.5) is 20.1 Å². The number of rotatable bonds is 8. The number of hydrogen-bond donors (Lipinski definition) is 3. The zero-order chi connectivity index (χ0) is 34.6. The number of sulfonamides is 1. The van der Waals surface area contributed by atoms with Gasteiger partial charge in [-0.25, -0.2) is 32.5 Å². The van der Waals surface area contributed by atoms with E-state index in [1.807, 2.05) is 0 Å². The number of benzene rings is 1. The van der Waals surface area contributed by atoms with Crippen molar-refractivity contribution in [1.82, 2.24) is 19.9 Å². The standard InChI is InChI=1S/C31H47N5O8S2/c1-18(2)42-27(37)33-20-11-13-22(25(15-20)46(40,41)35-30(5,6)7)24-16-32-26(45-24)23-14-12-21(34-28(38)43-19(3)4)17-36(23)29(39)44-31(8,9)10/h11,13,15-16,18-19,21,23,35H,12,14,17H2,1-10H3,(H,33,37)(H,34,38)/t21-,23+/m0/s1. The quantitative estimate of drug-likeness (QED) is 0.267. The number of carbonyl (C=O) groups excluding carboxylic acids is 3. The average Bonchev–Trinajstić information content (AvgIpc) is 3.35. The van der Waals surface area contributed by atoms with Crippen molar-refractivity contribution in [2.45, 2.75) is 122 Å². The third-order valence-electron chi connectivity index (χ3n) is 6.25. The van der Waals surface area contributed by atoms with E-state index in [-0.39, 0.29) is 35.4 Å². The van der Waals surface area contributed by atoms with Crippen molar-refractivity contribution in [1.29, 1.82) is 0 Å². The highest BCUT2D eigenvalue weighted by Gasteiger charge is 2.38. The van der Waals surface area contributed by atoms with Crippen molar-refractivity contribution >= 4 is 45.3 Å². The zero-order valence-electron chi connectivity index (χ0n) is 28.2. The highest BCUT2D eigenvalue weighted by atomic mass is 32.2. The second-order valence-electron chi connectivity index (χ2n) is 13.7. The number of carbonyl (C=O) groups is 3. The number of thiazole rings is 1. The number of likely N-dealkylation sites (tertiary alicyclic amines) is 1. The van der Waals surface area contributed by atoms with Gasteiger partial charge in [-0.3, -0.25) is 10.2 Å². The fraction of sp³-hybridized carbons (Fsp3) is 0.613. The summed E-state index contributed by atoms with van der Waals surface area (Å²) in [5.41, 5.74) is -0.921. The van der Waals surface area contributed by atoms with Crippen molar-refractivity contribution in [3.05, 3.63) is 29.4 Å². The Kier molecular flexibility index (Phi) is 11.7. The van der Waals surface area contributed by atoms with Gasteiger partial charge in [-0.1, -0.05) is 6.07 Å². The molecule has 2 heterocycles. The molecule has 13 nitrogen and oxygen atoms in total. The summed E-state index contributed by atoms with van der Waals surface area (Å²) in [5, 5.41) is 6.00. The Bertz CT molecular complexity index is 1510. The number of anilines is 1. The number of nitrogens with one attached hydrogen (secondary N) is 3. The fourth-order valence-electron chi connectivity index (χ4n) is 4.69. The van der Waals surface area contributed by atoms with Gasteiger partial charge in [0.05, 0.1) is 34.1 Å². The van der Waals surface area contributed by atoms with Gasteiger partial charge in [-0.05, 0) is 94.2 Å². The second-order valence-corrected chi connectivity index (χ2v) is 16.4. The smallest absolute Gasteiger partial charge is 0.411 e. The van der Waals surface area contributed by atoms with E-state index >= 15 is 0 Å². The van der Waals surface area contributed by atoms with Gasteiger partial charge in [0, 0.05) is 29.5 Å². The number of piperidine rings is 1. The molecule has 0 saturated carbocycles. The van der Waals surface area contributed by atoms with Gasteiger partial charge in [-0.15, -0.1) is 11.3 Å². The molecule has 0 bridgehead atoms. The van der Waals surface area contributed by atoms with Crippen LogP contribution in [0.1, 0.15) is 93.1 Å². The average molecular weight is 682 g/mol. The van der Waals surface area contributed by atoms with Gasteiger partial charge in [0.2, 0.25) is 10.0 Å². The predicted molar refractivity (Wildman–Crippen MR) is 176 cm³/mol. The lowest BCUT2D eigenvalue weighted by Gasteiger charge is -2.39. The molecule has 1 aromatic carbocycles. The van der Waals surface area contributed by atoms with E-state index in [1.54, 1.807) is 92.5 Å². The first kappa shape index (κ1) is 37.0. The first-order chi connectivity index (χ1) is 21.1. The third-order valence-corrected chi connectivity index (χ3v) is 9.18. The maximum Gasteiger partial charge on any atom is 0.411 e. The summed E-state index contributed by atoms with van der Waals surface area (Å²) in [4.78, 5) is 44.6. The highest BCUT2D eigenvalue weighted by Crippen LogP contribution is 2.40. The van der Waals surface area contributed by atoms with Gasteiger partial charge in [-0.2, -0.15) is 0 Å².